The number of aryl methyl sites for hydroxylation is 2. The predicted molar refractivity (Wildman–Crippen MR) is 101 cm³/mol. The summed E-state index contributed by atoms with van der Waals surface area (Å²) in [5.41, 5.74) is 6.32. The molecule has 0 saturated heterocycles. The number of carbonyl (C=O) groups is 2. The van der Waals surface area contributed by atoms with Crippen molar-refractivity contribution in [2.24, 2.45) is 0 Å². The Morgan fingerprint density at radius 1 is 1.07 bits per heavy atom. The van der Waals surface area contributed by atoms with E-state index in [0.717, 1.165) is 5.56 Å². The number of aromatic amines is 1. The fraction of sp³-hybridized carbons (Fsp3) is 0.368. The molecule has 3 rings (SSSR count). The molecule has 27 heavy (non-hydrogen) atoms. The molecule has 1 fully saturated rings. The summed E-state index contributed by atoms with van der Waals surface area (Å²) in [7, 11) is -3.93. The van der Waals surface area contributed by atoms with Gasteiger partial charge >= 0.3 is 0 Å². The number of aromatic nitrogens is 1. The Kier molecular flexibility index (Phi) is 5.10. The number of nitrogens with one attached hydrogen (secondary N) is 3. The molecule has 144 valence electrons. The highest BCUT2D eigenvalue weighted by Gasteiger charge is 2.53. The first-order valence-corrected chi connectivity index (χ1v) is 10.3. The highest BCUT2D eigenvalue weighted by molar-refractivity contribution is 7.93. The van der Waals surface area contributed by atoms with Gasteiger partial charge in [-0.3, -0.25) is 20.4 Å². The fourth-order valence-electron chi connectivity index (χ4n) is 3.54. The highest BCUT2D eigenvalue weighted by atomic mass is 32.2. The number of hydrogen-bond donors (Lipinski definition) is 3. The molecule has 1 saturated carbocycles. The smallest absolute Gasteiger partial charge is 0.286 e. The first-order chi connectivity index (χ1) is 12.8. The summed E-state index contributed by atoms with van der Waals surface area (Å²) in [6, 6.07) is 8.40. The highest BCUT2D eigenvalue weighted by Crippen LogP contribution is 2.41. The molecule has 1 aromatic carbocycles. The van der Waals surface area contributed by atoms with E-state index in [1.54, 1.807) is 37.4 Å². The van der Waals surface area contributed by atoms with E-state index in [-0.39, 0.29) is 23.4 Å². The number of amides is 2. The van der Waals surface area contributed by atoms with Crippen LogP contribution in [0.25, 0.3) is 0 Å². The van der Waals surface area contributed by atoms with Gasteiger partial charge in [0.05, 0.1) is 4.90 Å². The fourth-order valence-corrected chi connectivity index (χ4v) is 5.91. The van der Waals surface area contributed by atoms with Gasteiger partial charge in [0.1, 0.15) is 5.69 Å². The van der Waals surface area contributed by atoms with Gasteiger partial charge in [-0.15, -0.1) is 0 Å². The zero-order chi connectivity index (χ0) is 19.7. The molecule has 0 unspecified atom stereocenters. The van der Waals surface area contributed by atoms with Crippen LogP contribution in [0.3, 0.4) is 0 Å². The topological polar surface area (TPSA) is 108 Å². The molecule has 0 atom stereocenters. The standard InChI is InChI=1S/C19H23N3O4S/c1-13-7-8-14(2)16(12-13)27(25,26)19(9-3-4-10-19)18(24)22-21-17(23)15-6-5-11-20-15/h5-8,11-12,20H,3-4,9-10H2,1-2H3,(H,21,23)(H,22,24). The Balaban J connectivity index is 1.90. The number of benzene rings is 1. The minimum absolute atomic E-state index is 0.176. The van der Waals surface area contributed by atoms with E-state index in [9.17, 15) is 18.0 Å². The summed E-state index contributed by atoms with van der Waals surface area (Å²) >= 11 is 0. The van der Waals surface area contributed by atoms with Crippen molar-refractivity contribution < 1.29 is 18.0 Å². The summed E-state index contributed by atoms with van der Waals surface area (Å²) in [5.74, 6) is -1.23. The molecular weight excluding hydrogens is 366 g/mol. The molecular formula is C19H23N3O4S. The number of sulfone groups is 1. The average molecular weight is 389 g/mol. The molecule has 3 N–H and O–H groups in total. The van der Waals surface area contributed by atoms with Crippen LogP contribution in [0.1, 0.15) is 47.3 Å². The van der Waals surface area contributed by atoms with Gasteiger partial charge in [0.2, 0.25) is 0 Å². The molecule has 0 spiro atoms. The molecule has 7 nitrogen and oxygen atoms in total. The van der Waals surface area contributed by atoms with Crippen LogP contribution in [-0.2, 0) is 14.6 Å². The number of rotatable bonds is 4. The second kappa shape index (κ2) is 7.19. The number of hydrogen-bond acceptors (Lipinski definition) is 4. The Hall–Kier alpha value is -2.61. The minimum atomic E-state index is -3.93. The van der Waals surface area contributed by atoms with Crippen LogP contribution in [0.15, 0.2) is 41.4 Å². The molecule has 0 aliphatic heterocycles. The lowest BCUT2D eigenvalue weighted by atomic mass is 10.1. The van der Waals surface area contributed by atoms with E-state index in [0.29, 0.717) is 18.4 Å². The Morgan fingerprint density at radius 2 is 1.78 bits per heavy atom. The zero-order valence-electron chi connectivity index (χ0n) is 15.3. The first kappa shape index (κ1) is 19.2. The monoisotopic (exact) mass is 389 g/mol. The van der Waals surface area contributed by atoms with E-state index in [4.69, 9.17) is 0 Å². The van der Waals surface area contributed by atoms with Crippen molar-refractivity contribution in [3.8, 4) is 0 Å². The quantitative estimate of drug-likeness (QED) is 0.697. The van der Waals surface area contributed by atoms with Crippen LogP contribution in [0.5, 0.6) is 0 Å². The lowest BCUT2D eigenvalue weighted by molar-refractivity contribution is -0.124. The van der Waals surface area contributed by atoms with Gasteiger partial charge in [0.25, 0.3) is 11.8 Å². The van der Waals surface area contributed by atoms with Crippen LogP contribution in [0.2, 0.25) is 0 Å². The van der Waals surface area contributed by atoms with E-state index < -0.39 is 26.4 Å². The van der Waals surface area contributed by atoms with Gasteiger partial charge in [-0.2, -0.15) is 0 Å². The molecule has 8 heteroatoms. The van der Waals surface area contributed by atoms with Gasteiger partial charge in [-0.25, -0.2) is 8.42 Å². The second-order valence-electron chi connectivity index (χ2n) is 6.97. The maximum atomic E-state index is 13.5. The minimum Gasteiger partial charge on any atom is -0.357 e. The van der Waals surface area contributed by atoms with Gasteiger partial charge in [0, 0.05) is 6.20 Å². The van der Waals surface area contributed by atoms with E-state index >= 15 is 0 Å². The van der Waals surface area contributed by atoms with E-state index in [2.05, 4.69) is 15.8 Å². The summed E-state index contributed by atoms with van der Waals surface area (Å²) in [4.78, 5) is 27.9. The number of H-pyrrole nitrogens is 1. The molecule has 1 aliphatic carbocycles. The van der Waals surface area contributed by atoms with Crippen molar-refractivity contribution in [2.45, 2.75) is 49.2 Å². The van der Waals surface area contributed by atoms with Crippen molar-refractivity contribution in [2.75, 3.05) is 0 Å². The second-order valence-corrected chi connectivity index (χ2v) is 9.19. The molecule has 1 aromatic heterocycles. The molecule has 0 radical (unpaired) electrons. The number of hydrazine groups is 1. The van der Waals surface area contributed by atoms with Gasteiger partial charge < -0.3 is 4.98 Å². The third-order valence-corrected chi connectivity index (χ3v) is 7.75. The van der Waals surface area contributed by atoms with E-state index in [1.165, 1.54) is 0 Å². The van der Waals surface area contributed by atoms with Gasteiger partial charge in [-0.1, -0.05) is 25.0 Å². The molecule has 1 heterocycles. The third kappa shape index (κ3) is 3.37. The zero-order valence-corrected chi connectivity index (χ0v) is 16.2. The van der Waals surface area contributed by atoms with Crippen LogP contribution in [0, 0.1) is 13.8 Å². The number of carbonyl (C=O) groups excluding carboxylic acids is 2. The van der Waals surface area contributed by atoms with E-state index in [1.807, 2.05) is 13.0 Å². The summed E-state index contributed by atoms with van der Waals surface area (Å²) in [6.07, 6.45) is 3.32. The first-order valence-electron chi connectivity index (χ1n) is 8.84. The lowest BCUT2D eigenvalue weighted by Crippen LogP contribution is -2.55. The predicted octanol–water partition coefficient (Wildman–Crippen LogP) is 2.18. The van der Waals surface area contributed by atoms with Gasteiger partial charge in [-0.05, 0) is 56.0 Å². The van der Waals surface area contributed by atoms with Crippen molar-refractivity contribution in [3.63, 3.8) is 0 Å². The molecule has 2 aromatic rings. The summed E-state index contributed by atoms with van der Waals surface area (Å²) in [6.45, 7) is 3.54. The Bertz CT molecular complexity index is 959. The van der Waals surface area contributed by atoms with Gasteiger partial charge in [0.15, 0.2) is 14.6 Å². The average Bonchev–Trinajstić information content (AvgIpc) is 3.33. The third-order valence-electron chi connectivity index (χ3n) is 5.10. The largest absolute Gasteiger partial charge is 0.357 e. The van der Waals surface area contributed by atoms with Crippen LogP contribution in [-0.4, -0.2) is 30.0 Å². The van der Waals surface area contributed by atoms with Crippen molar-refractivity contribution in [1.29, 1.82) is 0 Å². The maximum absolute atomic E-state index is 13.5. The lowest BCUT2D eigenvalue weighted by Gasteiger charge is -2.28. The van der Waals surface area contributed by atoms with Crippen molar-refractivity contribution in [3.05, 3.63) is 53.3 Å². The Morgan fingerprint density at radius 3 is 2.41 bits per heavy atom. The maximum Gasteiger partial charge on any atom is 0.286 e. The normalized spacial score (nSPS) is 16.1. The van der Waals surface area contributed by atoms with Crippen molar-refractivity contribution >= 4 is 21.7 Å². The molecule has 1 aliphatic rings. The van der Waals surface area contributed by atoms with Crippen LogP contribution >= 0.6 is 0 Å². The Labute approximate surface area is 158 Å². The molecule has 2 amide bonds. The van der Waals surface area contributed by atoms with Crippen molar-refractivity contribution in [1.82, 2.24) is 15.8 Å². The SMILES string of the molecule is Cc1ccc(C)c(S(=O)(=O)C2(C(=O)NNC(=O)c3ccc[nH]3)CCCC2)c1. The summed E-state index contributed by atoms with van der Waals surface area (Å²) in [5, 5.41) is 0. The van der Waals surface area contributed by atoms with Crippen LogP contribution in [0.4, 0.5) is 0 Å². The molecule has 0 bridgehead atoms. The van der Waals surface area contributed by atoms with Crippen LogP contribution < -0.4 is 10.9 Å². The summed E-state index contributed by atoms with van der Waals surface area (Å²) < 4.78 is 25.4.